The Kier molecular flexibility index (Phi) is 15.3. The van der Waals surface area contributed by atoms with Crippen LogP contribution in [0.25, 0.3) is 0 Å². The first-order valence-electron chi connectivity index (χ1n) is 11.1. The minimum Gasteiger partial charge on any atom is -0.317 e. The molecule has 1 rings (SSSR count). The number of hydrogen-bond acceptors (Lipinski definition) is 1. The molecule has 0 aliphatic carbocycles. The summed E-state index contributed by atoms with van der Waals surface area (Å²) in [5.74, 6) is 1.04. The number of unbranched alkanes of at least 4 members (excludes halogenated alkanes) is 14. The first kappa shape index (κ1) is 21.0. The van der Waals surface area contributed by atoms with Gasteiger partial charge in [-0.05, 0) is 31.8 Å². The predicted octanol–water partition coefficient (Wildman–Crippen LogP) is 7.25. The van der Waals surface area contributed by atoms with Crippen LogP contribution >= 0.6 is 0 Å². The third-order valence-corrected chi connectivity index (χ3v) is 5.67. The van der Waals surface area contributed by atoms with Crippen LogP contribution in [0.3, 0.4) is 0 Å². The minimum atomic E-state index is 1.04. The molecule has 23 heavy (non-hydrogen) atoms. The molecule has 0 amide bonds. The van der Waals surface area contributed by atoms with Gasteiger partial charge in [-0.1, -0.05) is 110 Å². The van der Waals surface area contributed by atoms with Crippen molar-refractivity contribution in [2.45, 2.75) is 122 Å². The second-order valence-electron chi connectivity index (χ2n) is 7.93. The van der Waals surface area contributed by atoms with E-state index in [-0.39, 0.29) is 0 Å². The van der Waals surface area contributed by atoms with Crippen LogP contribution < -0.4 is 5.32 Å². The van der Waals surface area contributed by atoms with Gasteiger partial charge < -0.3 is 5.32 Å². The van der Waals surface area contributed by atoms with Crippen LogP contribution in [0.1, 0.15) is 122 Å². The second-order valence-corrected chi connectivity index (χ2v) is 7.93. The average molecular weight is 324 g/mol. The predicted molar refractivity (Wildman–Crippen MR) is 105 cm³/mol. The lowest BCUT2D eigenvalue weighted by atomic mass is 9.92. The van der Waals surface area contributed by atoms with Crippen molar-refractivity contribution < 1.29 is 0 Å². The lowest BCUT2D eigenvalue weighted by Crippen LogP contribution is -2.27. The smallest absolute Gasteiger partial charge is 0.00463 e. The normalized spacial score (nSPS) is 16.0. The third kappa shape index (κ3) is 14.0. The van der Waals surface area contributed by atoms with E-state index < -0.39 is 0 Å². The van der Waals surface area contributed by atoms with Crippen molar-refractivity contribution >= 4 is 0 Å². The quantitative estimate of drug-likeness (QED) is 0.295. The van der Waals surface area contributed by atoms with E-state index in [1.54, 1.807) is 0 Å². The molecule has 0 saturated carbocycles. The van der Waals surface area contributed by atoms with E-state index in [2.05, 4.69) is 12.2 Å². The van der Waals surface area contributed by atoms with Gasteiger partial charge in [0.15, 0.2) is 0 Å². The zero-order chi connectivity index (χ0) is 16.4. The molecule has 0 bridgehead atoms. The molecule has 0 atom stereocenters. The Morgan fingerprint density at radius 1 is 0.565 bits per heavy atom. The van der Waals surface area contributed by atoms with Crippen molar-refractivity contribution in [3.05, 3.63) is 0 Å². The first-order chi connectivity index (χ1) is 11.4. The zero-order valence-corrected chi connectivity index (χ0v) is 16.2. The number of hydrogen-bond donors (Lipinski definition) is 1. The summed E-state index contributed by atoms with van der Waals surface area (Å²) < 4.78 is 0. The Balaban J connectivity index is 1.67. The zero-order valence-electron chi connectivity index (χ0n) is 16.2. The maximum atomic E-state index is 3.47. The molecule has 0 aromatic rings. The van der Waals surface area contributed by atoms with Gasteiger partial charge in [0.2, 0.25) is 0 Å². The summed E-state index contributed by atoms with van der Waals surface area (Å²) in [6.07, 6.45) is 26.5. The van der Waals surface area contributed by atoms with E-state index in [9.17, 15) is 0 Å². The fourth-order valence-corrected chi connectivity index (χ4v) is 3.97. The van der Waals surface area contributed by atoms with Crippen LogP contribution in [0, 0.1) is 5.92 Å². The Labute approximate surface area is 147 Å². The minimum absolute atomic E-state index is 1.04. The summed E-state index contributed by atoms with van der Waals surface area (Å²) in [4.78, 5) is 0. The SMILES string of the molecule is CCCCCCCCCCCCCCCCCC1CCNCC1. The fraction of sp³-hybridized carbons (Fsp3) is 1.00. The van der Waals surface area contributed by atoms with Gasteiger partial charge >= 0.3 is 0 Å². The van der Waals surface area contributed by atoms with Crippen molar-refractivity contribution in [2.24, 2.45) is 5.92 Å². The van der Waals surface area contributed by atoms with Gasteiger partial charge in [-0.25, -0.2) is 0 Å². The molecule has 0 radical (unpaired) electrons. The fourth-order valence-electron chi connectivity index (χ4n) is 3.97. The molecule has 0 unspecified atom stereocenters. The summed E-state index contributed by atoms with van der Waals surface area (Å²) >= 11 is 0. The summed E-state index contributed by atoms with van der Waals surface area (Å²) in [6.45, 7) is 4.83. The maximum Gasteiger partial charge on any atom is -0.00463 e. The standard InChI is InChI=1S/C22H45N/c1-2-3-4-5-6-7-8-9-10-11-12-13-14-15-16-17-22-18-20-23-21-19-22/h22-23H,2-21H2,1H3. The van der Waals surface area contributed by atoms with Crippen molar-refractivity contribution in [1.82, 2.24) is 5.32 Å². The van der Waals surface area contributed by atoms with E-state index in [0.717, 1.165) is 5.92 Å². The van der Waals surface area contributed by atoms with E-state index in [1.807, 2.05) is 0 Å². The molecular formula is C22H45N. The largest absolute Gasteiger partial charge is 0.317 e. The maximum absolute atomic E-state index is 3.47. The molecule has 138 valence electrons. The highest BCUT2D eigenvalue weighted by Gasteiger charge is 2.11. The van der Waals surface area contributed by atoms with Crippen molar-refractivity contribution in [2.75, 3.05) is 13.1 Å². The second kappa shape index (κ2) is 16.8. The van der Waals surface area contributed by atoms with Gasteiger partial charge in [-0.15, -0.1) is 0 Å². The Morgan fingerprint density at radius 2 is 0.957 bits per heavy atom. The first-order valence-corrected chi connectivity index (χ1v) is 11.1. The van der Waals surface area contributed by atoms with Crippen molar-refractivity contribution in [3.63, 3.8) is 0 Å². The van der Waals surface area contributed by atoms with E-state index in [1.165, 1.54) is 129 Å². The van der Waals surface area contributed by atoms with Crippen LogP contribution in [0.5, 0.6) is 0 Å². The monoisotopic (exact) mass is 323 g/mol. The molecule has 1 fully saturated rings. The number of rotatable bonds is 16. The van der Waals surface area contributed by atoms with Gasteiger partial charge in [0, 0.05) is 0 Å². The van der Waals surface area contributed by atoms with E-state index >= 15 is 0 Å². The van der Waals surface area contributed by atoms with E-state index in [4.69, 9.17) is 0 Å². The highest BCUT2D eigenvalue weighted by molar-refractivity contribution is 4.68. The molecule has 1 aliphatic heterocycles. The summed E-state index contributed by atoms with van der Waals surface area (Å²) in [5, 5.41) is 3.47. The van der Waals surface area contributed by atoms with Crippen molar-refractivity contribution in [1.29, 1.82) is 0 Å². The number of nitrogens with one attached hydrogen (secondary N) is 1. The lowest BCUT2D eigenvalue weighted by molar-refractivity contribution is 0.342. The Morgan fingerprint density at radius 3 is 1.39 bits per heavy atom. The van der Waals surface area contributed by atoms with E-state index in [0.29, 0.717) is 0 Å². The van der Waals surface area contributed by atoms with Crippen LogP contribution in [-0.4, -0.2) is 13.1 Å². The summed E-state index contributed by atoms with van der Waals surface area (Å²) in [7, 11) is 0. The molecule has 1 saturated heterocycles. The van der Waals surface area contributed by atoms with Crippen LogP contribution in [0.4, 0.5) is 0 Å². The Bertz CT molecular complexity index is 220. The topological polar surface area (TPSA) is 12.0 Å². The van der Waals surface area contributed by atoms with Gasteiger partial charge in [0.1, 0.15) is 0 Å². The van der Waals surface area contributed by atoms with Crippen LogP contribution in [-0.2, 0) is 0 Å². The van der Waals surface area contributed by atoms with Gasteiger partial charge in [0.25, 0.3) is 0 Å². The van der Waals surface area contributed by atoms with Gasteiger partial charge in [0.05, 0.1) is 0 Å². The molecule has 0 aromatic carbocycles. The van der Waals surface area contributed by atoms with Gasteiger partial charge in [-0.3, -0.25) is 0 Å². The summed E-state index contributed by atoms with van der Waals surface area (Å²) in [6, 6.07) is 0. The molecule has 0 aromatic heterocycles. The molecule has 1 heteroatoms. The highest BCUT2D eigenvalue weighted by atomic mass is 14.9. The van der Waals surface area contributed by atoms with Crippen LogP contribution in [0.2, 0.25) is 0 Å². The molecule has 1 nitrogen and oxygen atoms in total. The third-order valence-electron chi connectivity index (χ3n) is 5.67. The molecule has 1 N–H and O–H groups in total. The summed E-state index contributed by atoms with van der Waals surface area (Å²) in [5.41, 5.74) is 0. The average Bonchev–Trinajstić information content (AvgIpc) is 2.59. The highest BCUT2D eigenvalue weighted by Crippen LogP contribution is 2.20. The Hall–Kier alpha value is -0.0400. The van der Waals surface area contributed by atoms with Crippen LogP contribution in [0.15, 0.2) is 0 Å². The molecule has 1 heterocycles. The van der Waals surface area contributed by atoms with Gasteiger partial charge in [-0.2, -0.15) is 0 Å². The lowest BCUT2D eigenvalue weighted by Gasteiger charge is -2.22. The molecule has 1 aliphatic rings. The molecule has 0 spiro atoms. The molecular weight excluding hydrogens is 278 g/mol. The number of piperidine rings is 1. The van der Waals surface area contributed by atoms with Crippen molar-refractivity contribution in [3.8, 4) is 0 Å².